The molecule has 5 heteroatoms. The molecule has 0 aliphatic carbocycles. The second-order valence-corrected chi connectivity index (χ2v) is 7.11. The number of nitrogens with one attached hydrogen (secondary N) is 1. The van der Waals surface area contributed by atoms with Crippen LogP contribution in [-0.4, -0.2) is 11.1 Å². The minimum Gasteiger partial charge on any atom is -0.506 e. The van der Waals surface area contributed by atoms with Gasteiger partial charge in [-0.05, 0) is 44.5 Å². The Morgan fingerprint density at radius 2 is 2.05 bits per heavy atom. The molecule has 2 rings (SSSR count). The van der Waals surface area contributed by atoms with Crippen molar-refractivity contribution in [1.29, 1.82) is 0 Å². The maximum Gasteiger partial charge on any atom is 0.138 e. The molecule has 0 aliphatic rings. The predicted octanol–water partition coefficient (Wildman–Crippen LogP) is 4.79. The van der Waals surface area contributed by atoms with Crippen LogP contribution in [0.25, 0.3) is 0 Å². The molecule has 0 amide bonds. The van der Waals surface area contributed by atoms with E-state index < -0.39 is 0 Å². The summed E-state index contributed by atoms with van der Waals surface area (Å²) in [6, 6.07) is 7.88. The summed E-state index contributed by atoms with van der Waals surface area (Å²) in [6.07, 6.45) is 0.966. The van der Waals surface area contributed by atoms with Crippen molar-refractivity contribution in [3.05, 3.63) is 49.6 Å². The van der Waals surface area contributed by atoms with E-state index in [1.807, 2.05) is 11.3 Å². The minimum atomic E-state index is 0.0998. The van der Waals surface area contributed by atoms with Crippen molar-refractivity contribution in [2.24, 2.45) is 0 Å². The van der Waals surface area contributed by atoms with Crippen LogP contribution in [0.1, 0.15) is 22.2 Å². The molecule has 1 aromatic carbocycles. The van der Waals surface area contributed by atoms with Crippen LogP contribution in [0.4, 0.5) is 0 Å². The Morgan fingerprint density at radius 3 is 2.70 bits per heavy atom. The molecule has 1 heterocycles. The van der Waals surface area contributed by atoms with Gasteiger partial charge in [-0.2, -0.15) is 0 Å². The first kappa shape index (κ1) is 15.6. The Bertz CT molecular complexity index is 598. The molecule has 20 heavy (non-hydrogen) atoms. The maximum absolute atomic E-state index is 9.90. The number of aromatic hydroxyl groups is 1. The number of phenolic OH excluding ortho intramolecular Hbond substituents is 1. The Kier molecular flexibility index (Phi) is 5.33. The number of aryl methyl sites for hydroxylation is 1. The van der Waals surface area contributed by atoms with Gasteiger partial charge >= 0.3 is 0 Å². The number of halogens is 2. The zero-order valence-electron chi connectivity index (χ0n) is 11.4. The van der Waals surface area contributed by atoms with Gasteiger partial charge in [0.1, 0.15) is 5.75 Å². The Balaban J connectivity index is 1.95. The first-order chi connectivity index (χ1) is 9.45. The van der Waals surface area contributed by atoms with Crippen molar-refractivity contribution in [3.63, 3.8) is 0 Å². The molecule has 2 nitrogen and oxygen atoms in total. The predicted molar refractivity (Wildman–Crippen MR) is 87.2 cm³/mol. The van der Waals surface area contributed by atoms with Crippen LogP contribution < -0.4 is 5.32 Å². The lowest BCUT2D eigenvalue weighted by molar-refractivity contribution is 0.459. The molecule has 2 aromatic rings. The summed E-state index contributed by atoms with van der Waals surface area (Å²) in [5.74, 6) is 0.0998. The van der Waals surface area contributed by atoms with Crippen molar-refractivity contribution in [3.8, 4) is 5.75 Å². The lowest BCUT2D eigenvalue weighted by Gasteiger charge is -2.14. The highest BCUT2D eigenvalue weighted by molar-refractivity contribution is 7.11. The minimum absolute atomic E-state index is 0.0998. The van der Waals surface area contributed by atoms with Gasteiger partial charge in [-0.15, -0.1) is 11.3 Å². The smallest absolute Gasteiger partial charge is 0.138 e. The summed E-state index contributed by atoms with van der Waals surface area (Å²) >= 11 is 13.7. The highest BCUT2D eigenvalue weighted by atomic mass is 35.5. The molecular formula is C15H17Cl2NOS. The molecule has 0 aliphatic heterocycles. The summed E-state index contributed by atoms with van der Waals surface area (Å²) in [4.78, 5) is 2.68. The van der Waals surface area contributed by atoms with Gasteiger partial charge in [0.15, 0.2) is 0 Å². The van der Waals surface area contributed by atoms with E-state index in [-0.39, 0.29) is 10.8 Å². The van der Waals surface area contributed by atoms with Crippen LogP contribution in [-0.2, 0) is 13.0 Å². The second-order valence-electron chi connectivity index (χ2n) is 4.89. The Labute approximate surface area is 133 Å². The quantitative estimate of drug-likeness (QED) is 0.826. The van der Waals surface area contributed by atoms with E-state index in [1.54, 1.807) is 12.1 Å². The van der Waals surface area contributed by atoms with Gasteiger partial charge in [0, 0.05) is 32.9 Å². The molecule has 0 radical (unpaired) electrons. The molecule has 0 saturated carbocycles. The van der Waals surface area contributed by atoms with Gasteiger partial charge < -0.3 is 10.4 Å². The normalized spacial score (nSPS) is 12.6. The first-order valence-corrected chi connectivity index (χ1v) is 7.98. The largest absolute Gasteiger partial charge is 0.506 e. The van der Waals surface area contributed by atoms with Crippen molar-refractivity contribution < 1.29 is 5.11 Å². The molecule has 0 bridgehead atoms. The van der Waals surface area contributed by atoms with Crippen molar-refractivity contribution >= 4 is 34.5 Å². The van der Waals surface area contributed by atoms with E-state index in [1.165, 1.54) is 9.75 Å². The lowest BCUT2D eigenvalue weighted by atomic mass is 10.1. The zero-order valence-corrected chi connectivity index (χ0v) is 13.7. The summed E-state index contributed by atoms with van der Waals surface area (Å²) in [5.41, 5.74) is 0.719. The molecule has 0 saturated heterocycles. The fourth-order valence-electron chi connectivity index (χ4n) is 2.01. The standard InChI is InChI=1S/C15H17Cl2NOS/c1-9(5-13-4-3-10(2)20-13)18-8-11-6-12(16)7-14(17)15(11)19/h3-4,6-7,9,18-19H,5,8H2,1-2H3. The summed E-state index contributed by atoms with van der Waals surface area (Å²) in [5, 5.41) is 14.1. The molecular weight excluding hydrogens is 313 g/mol. The third kappa shape index (κ3) is 4.13. The van der Waals surface area contributed by atoms with E-state index >= 15 is 0 Å². The molecule has 1 atom stereocenters. The fraction of sp³-hybridized carbons (Fsp3) is 0.333. The van der Waals surface area contributed by atoms with Gasteiger partial charge in [-0.3, -0.25) is 0 Å². The van der Waals surface area contributed by atoms with Gasteiger partial charge in [0.2, 0.25) is 0 Å². The van der Waals surface area contributed by atoms with Gasteiger partial charge in [0.25, 0.3) is 0 Å². The summed E-state index contributed by atoms with van der Waals surface area (Å²) < 4.78 is 0. The van der Waals surface area contributed by atoms with E-state index in [0.29, 0.717) is 17.6 Å². The van der Waals surface area contributed by atoms with Crippen LogP contribution in [0.15, 0.2) is 24.3 Å². The Morgan fingerprint density at radius 1 is 1.30 bits per heavy atom. The highest BCUT2D eigenvalue weighted by Crippen LogP contribution is 2.31. The van der Waals surface area contributed by atoms with Gasteiger partial charge in [-0.1, -0.05) is 23.2 Å². The number of hydrogen-bond acceptors (Lipinski definition) is 3. The van der Waals surface area contributed by atoms with E-state index in [0.717, 1.165) is 12.0 Å². The van der Waals surface area contributed by atoms with Crippen LogP contribution in [0.2, 0.25) is 10.0 Å². The third-order valence-corrected chi connectivity index (χ3v) is 4.58. The Hall–Kier alpha value is -0.740. The van der Waals surface area contributed by atoms with Crippen molar-refractivity contribution in [1.82, 2.24) is 5.32 Å². The van der Waals surface area contributed by atoms with Crippen molar-refractivity contribution in [2.75, 3.05) is 0 Å². The molecule has 108 valence electrons. The van der Waals surface area contributed by atoms with Crippen molar-refractivity contribution in [2.45, 2.75) is 32.9 Å². The molecule has 0 spiro atoms. The maximum atomic E-state index is 9.90. The monoisotopic (exact) mass is 329 g/mol. The molecule has 1 unspecified atom stereocenters. The number of rotatable bonds is 5. The van der Waals surface area contributed by atoms with Crippen LogP contribution in [0.3, 0.4) is 0 Å². The van der Waals surface area contributed by atoms with Crippen LogP contribution in [0.5, 0.6) is 5.75 Å². The van der Waals surface area contributed by atoms with Gasteiger partial charge in [0.05, 0.1) is 5.02 Å². The van der Waals surface area contributed by atoms with E-state index in [9.17, 15) is 5.11 Å². The summed E-state index contributed by atoms with van der Waals surface area (Å²) in [6.45, 7) is 4.77. The molecule has 1 aromatic heterocycles. The molecule has 0 fully saturated rings. The first-order valence-electron chi connectivity index (χ1n) is 6.41. The number of benzene rings is 1. The van der Waals surface area contributed by atoms with Crippen LogP contribution in [0, 0.1) is 6.92 Å². The van der Waals surface area contributed by atoms with E-state index in [2.05, 4.69) is 31.3 Å². The molecule has 2 N–H and O–H groups in total. The average molecular weight is 330 g/mol. The van der Waals surface area contributed by atoms with Gasteiger partial charge in [-0.25, -0.2) is 0 Å². The average Bonchev–Trinajstić information content (AvgIpc) is 2.77. The second kappa shape index (κ2) is 6.81. The zero-order chi connectivity index (χ0) is 14.7. The topological polar surface area (TPSA) is 32.3 Å². The SMILES string of the molecule is Cc1ccc(CC(C)NCc2cc(Cl)cc(Cl)c2O)s1. The lowest BCUT2D eigenvalue weighted by Crippen LogP contribution is -2.27. The van der Waals surface area contributed by atoms with Crippen LogP contribution >= 0.6 is 34.5 Å². The van der Waals surface area contributed by atoms with E-state index in [4.69, 9.17) is 23.2 Å². The number of hydrogen-bond donors (Lipinski definition) is 2. The highest BCUT2D eigenvalue weighted by Gasteiger charge is 2.10. The number of thiophene rings is 1. The number of phenols is 1. The fourth-order valence-corrected chi connectivity index (χ4v) is 3.56. The summed E-state index contributed by atoms with van der Waals surface area (Å²) in [7, 11) is 0. The third-order valence-electron chi connectivity index (χ3n) is 3.05.